The molecule has 190 valence electrons. The zero-order valence-electron chi connectivity index (χ0n) is 21.1. The third-order valence-electron chi connectivity index (χ3n) is 7.53. The van der Waals surface area contributed by atoms with Crippen LogP contribution in [-0.4, -0.2) is 47.1 Å². The number of ether oxygens (including phenoxy) is 2. The minimum atomic E-state index is -1.13. The molecular formula is C28H33N3O5. The molecule has 1 aliphatic heterocycles. The molecule has 1 saturated carbocycles. The quantitative estimate of drug-likeness (QED) is 0.521. The van der Waals surface area contributed by atoms with Crippen molar-refractivity contribution in [2.24, 2.45) is 0 Å². The van der Waals surface area contributed by atoms with Gasteiger partial charge < -0.3 is 28.7 Å². The number of carbonyl (C=O) groups excluding carboxylic acids is 2. The van der Waals surface area contributed by atoms with Crippen molar-refractivity contribution in [3.8, 4) is 23.0 Å². The molecule has 2 aromatic heterocycles. The van der Waals surface area contributed by atoms with E-state index in [0.717, 1.165) is 36.9 Å². The number of hydrogen-bond donors (Lipinski definition) is 1. The van der Waals surface area contributed by atoms with E-state index < -0.39 is 5.54 Å². The summed E-state index contributed by atoms with van der Waals surface area (Å²) in [4.78, 5) is 29.6. The van der Waals surface area contributed by atoms with Crippen LogP contribution in [0, 0.1) is 0 Å². The first kappa shape index (κ1) is 24.0. The van der Waals surface area contributed by atoms with Gasteiger partial charge in [0, 0.05) is 11.6 Å². The van der Waals surface area contributed by atoms with E-state index in [2.05, 4.69) is 5.32 Å². The van der Waals surface area contributed by atoms with Gasteiger partial charge in [-0.15, -0.1) is 0 Å². The van der Waals surface area contributed by atoms with Crippen molar-refractivity contribution >= 4 is 11.8 Å². The predicted octanol–water partition coefficient (Wildman–Crippen LogP) is 4.63. The van der Waals surface area contributed by atoms with Crippen LogP contribution in [0.4, 0.5) is 0 Å². The molecule has 2 amide bonds. The SMILES string of the molecule is COc1ccc(OC)c(CN2C(=O)c3ccc(-c4ccco4)n3C[C@@]2(C)C(=O)NC2CCCCC2)c1. The lowest BCUT2D eigenvalue weighted by Gasteiger charge is -2.45. The van der Waals surface area contributed by atoms with Gasteiger partial charge in [-0.05, 0) is 62.2 Å². The third kappa shape index (κ3) is 4.25. The average Bonchev–Trinajstić information content (AvgIpc) is 3.57. The number of nitrogens with one attached hydrogen (secondary N) is 1. The number of aromatic nitrogens is 1. The van der Waals surface area contributed by atoms with E-state index in [1.807, 2.05) is 47.9 Å². The second-order valence-electron chi connectivity index (χ2n) is 9.82. The maximum absolute atomic E-state index is 14.0. The van der Waals surface area contributed by atoms with E-state index in [4.69, 9.17) is 13.9 Å². The fraction of sp³-hybridized carbons (Fsp3) is 0.429. The molecule has 3 heterocycles. The maximum Gasteiger partial charge on any atom is 0.271 e. The predicted molar refractivity (Wildman–Crippen MR) is 135 cm³/mol. The highest BCUT2D eigenvalue weighted by atomic mass is 16.5. The number of hydrogen-bond acceptors (Lipinski definition) is 5. The van der Waals surface area contributed by atoms with E-state index in [9.17, 15) is 9.59 Å². The minimum Gasteiger partial charge on any atom is -0.497 e. The molecule has 1 fully saturated rings. The largest absolute Gasteiger partial charge is 0.497 e. The Hall–Kier alpha value is -3.68. The van der Waals surface area contributed by atoms with Crippen molar-refractivity contribution in [1.29, 1.82) is 0 Å². The van der Waals surface area contributed by atoms with Crippen LogP contribution < -0.4 is 14.8 Å². The van der Waals surface area contributed by atoms with E-state index in [0.29, 0.717) is 29.5 Å². The van der Waals surface area contributed by atoms with Gasteiger partial charge in [0.25, 0.3) is 5.91 Å². The van der Waals surface area contributed by atoms with E-state index in [1.165, 1.54) is 6.42 Å². The molecule has 36 heavy (non-hydrogen) atoms. The summed E-state index contributed by atoms with van der Waals surface area (Å²) in [5.74, 6) is 1.59. The highest BCUT2D eigenvalue weighted by Gasteiger charge is 2.48. The standard InChI is InChI=1S/C28H33N3O5/c1-28(27(33)29-20-8-5-4-6-9-20)18-30-22(25-10-7-15-36-25)12-13-23(30)26(32)31(28)17-19-16-21(34-2)11-14-24(19)35-3/h7,10-16,20H,4-6,8-9,17-18H2,1-3H3,(H,29,33)/t28-/m0/s1. The van der Waals surface area contributed by atoms with Gasteiger partial charge in [-0.3, -0.25) is 9.59 Å². The number of methoxy groups -OCH3 is 2. The van der Waals surface area contributed by atoms with Crippen molar-refractivity contribution in [3.05, 3.63) is 60.0 Å². The number of fused-ring (bicyclic) bond motifs is 1. The Labute approximate surface area is 211 Å². The monoisotopic (exact) mass is 491 g/mol. The lowest BCUT2D eigenvalue weighted by molar-refractivity contribution is -0.134. The molecule has 1 N–H and O–H groups in total. The van der Waals surface area contributed by atoms with Gasteiger partial charge in [-0.25, -0.2) is 0 Å². The van der Waals surface area contributed by atoms with E-state index in [-0.39, 0.29) is 24.4 Å². The van der Waals surface area contributed by atoms with Crippen LogP contribution in [0.25, 0.3) is 11.5 Å². The molecule has 0 unspecified atom stereocenters. The fourth-order valence-corrected chi connectivity index (χ4v) is 5.42. The van der Waals surface area contributed by atoms with Gasteiger partial charge in [0.15, 0.2) is 0 Å². The maximum atomic E-state index is 14.0. The number of benzene rings is 1. The summed E-state index contributed by atoms with van der Waals surface area (Å²) < 4.78 is 18.5. The van der Waals surface area contributed by atoms with Crippen molar-refractivity contribution in [2.75, 3.05) is 14.2 Å². The number of furan rings is 1. The lowest BCUT2D eigenvalue weighted by Crippen LogP contribution is -2.64. The van der Waals surface area contributed by atoms with Crippen molar-refractivity contribution < 1.29 is 23.5 Å². The first-order valence-corrected chi connectivity index (χ1v) is 12.5. The molecule has 8 nitrogen and oxygen atoms in total. The molecule has 5 rings (SSSR count). The Balaban J connectivity index is 1.55. The first-order valence-electron chi connectivity index (χ1n) is 12.5. The zero-order valence-corrected chi connectivity index (χ0v) is 21.1. The van der Waals surface area contributed by atoms with E-state index >= 15 is 0 Å². The topological polar surface area (TPSA) is 85.9 Å². The molecule has 8 heteroatoms. The summed E-state index contributed by atoms with van der Waals surface area (Å²) in [6, 6.07) is 13.0. The Kier molecular flexibility index (Phi) is 6.51. The number of amides is 2. The minimum absolute atomic E-state index is 0.127. The fourth-order valence-electron chi connectivity index (χ4n) is 5.42. The summed E-state index contributed by atoms with van der Waals surface area (Å²) in [7, 11) is 3.20. The zero-order chi connectivity index (χ0) is 25.3. The molecule has 1 atom stereocenters. The van der Waals surface area contributed by atoms with Gasteiger partial charge in [-0.1, -0.05) is 19.3 Å². The molecule has 0 bridgehead atoms. The Bertz CT molecular complexity index is 1240. The molecule has 0 spiro atoms. The van der Waals surface area contributed by atoms with Crippen LogP contribution in [0.3, 0.4) is 0 Å². The van der Waals surface area contributed by atoms with Crippen molar-refractivity contribution in [2.45, 2.75) is 63.7 Å². The van der Waals surface area contributed by atoms with Crippen molar-refractivity contribution in [1.82, 2.24) is 14.8 Å². The second-order valence-corrected chi connectivity index (χ2v) is 9.82. The molecule has 2 aliphatic rings. The number of nitrogens with zero attached hydrogens (tertiary/aromatic N) is 2. The molecule has 0 saturated heterocycles. The Morgan fingerprint density at radius 3 is 2.56 bits per heavy atom. The van der Waals surface area contributed by atoms with Crippen LogP contribution in [-0.2, 0) is 17.9 Å². The van der Waals surface area contributed by atoms with Gasteiger partial charge in [0.1, 0.15) is 28.5 Å². The van der Waals surface area contributed by atoms with Crippen LogP contribution in [0.1, 0.15) is 55.1 Å². The lowest BCUT2D eigenvalue weighted by atomic mass is 9.91. The van der Waals surface area contributed by atoms with Gasteiger partial charge in [-0.2, -0.15) is 0 Å². The second kappa shape index (κ2) is 9.76. The summed E-state index contributed by atoms with van der Waals surface area (Å²) in [5, 5.41) is 3.27. The van der Waals surface area contributed by atoms with Crippen LogP contribution >= 0.6 is 0 Å². The molecular weight excluding hydrogens is 458 g/mol. The first-order chi connectivity index (χ1) is 17.4. The normalized spacial score (nSPS) is 20.2. The summed E-state index contributed by atoms with van der Waals surface area (Å²) >= 11 is 0. The van der Waals surface area contributed by atoms with Gasteiger partial charge in [0.2, 0.25) is 5.91 Å². The smallest absolute Gasteiger partial charge is 0.271 e. The molecule has 0 radical (unpaired) electrons. The molecule has 1 aliphatic carbocycles. The highest BCUT2D eigenvalue weighted by Crippen LogP contribution is 2.36. The van der Waals surface area contributed by atoms with Crippen LogP contribution in [0.2, 0.25) is 0 Å². The summed E-state index contributed by atoms with van der Waals surface area (Å²) in [6.45, 7) is 2.36. The van der Waals surface area contributed by atoms with Crippen molar-refractivity contribution in [3.63, 3.8) is 0 Å². The summed E-state index contributed by atoms with van der Waals surface area (Å²) in [6.07, 6.45) is 6.95. The highest BCUT2D eigenvalue weighted by molar-refractivity contribution is 6.00. The third-order valence-corrected chi connectivity index (χ3v) is 7.53. The van der Waals surface area contributed by atoms with Gasteiger partial charge in [0.05, 0.1) is 39.3 Å². The Morgan fingerprint density at radius 1 is 1.08 bits per heavy atom. The van der Waals surface area contributed by atoms with E-state index in [1.54, 1.807) is 31.4 Å². The number of carbonyl (C=O) groups is 2. The van der Waals surface area contributed by atoms with Crippen LogP contribution in [0.15, 0.2) is 53.1 Å². The summed E-state index contributed by atoms with van der Waals surface area (Å²) in [5.41, 5.74) is 0.939. The molecule has 1 aromatic carbocycles. The average molecular weight is 492 g/mol. The van der Waals surface area contributed by atoms with Gasteiger partial charge >= 0.3 is 0 Å². The molecule has 3 aromatic rings. The number of rotatable bonds is 7. The van der Waals surface area contributed by atoms with Crippen LogP contribution in [0.5, 0.6) is 11.5 Å². The Morgan fingerprint density at radius 2 is 1.86 bits per heavy atom.